The SMILES string of the molecule is c1ccc(-c2ccc(-c3ccc(N(c4ccc(-c5ccccc5)cc4)c4ccc(-c5ccccn5)cc4)cc3)cc2)cc1. The fourth-order valence-electron chi connectivity index (χ4n) is 5.48. The average Bonchev–Trinajstić information content (AvgIpc) is 3.11. The largest absolute Gasteiger partial charge is 0.311 e. The van der Waals surface area contributed by atoms with E-state index in [-0.39, 0.29) is 0 Å². The Hall–Kier alpha value is -5.73. The molecule has 0 aliphatic carbocycles. The van der Waals surface area contributed by atoms with E-state index in [1.165, 1.54) is 33.4 Å². The molecule has 0 saturated heterocycles. The minimum absolute atomic E-state index is 0.968. The molecule has 0 aliphatic rings. The van der Waals surface area contributed by atoms with E-state index in [0.29, 0.717) is 0 Å². The van der Waals surface area contributed by atoms with Crippen LogP contribution in [0.4, 0.5) is 17.1 Å². The van der Waals surface area contributed by atoms with E-state index in [9.17, 15) is 0 Å². The molecule has 2 heteroatoms. The topological polar surface area (TPSA) is 16.1 Å². The zero-order valence-corrected chi connectivity index (χ0v) is 23.7. The Balaban J connectivity index is 1.22. The maximum atomic E-state index is 4.53. The van der Waals surface area contributed by atoms with Crippen LogP contribution in [0, 0.1) is 0 Å². The van der Waals surface area contributed by atoms with Gasteiger partial charge in [-0.1, -0.05) is 127 Å². The Morgan fingerprint density at radius 3 is 0.977 bits per heavy atom. The molecule has 0 N–H and O–H groups in total. The summed E-state index contributed by atoms with van der Waals surface area (Å²) in [5, 5.41) is 0. The fourth-order valence-corrected chi connectivity index (χ4v) is 5.48. The van der Waals surface area contributed by atoms with Crippen molar-refractivity contribution in [1.29, 1.82) is 0 Å². The van der Waals surface area contributed by atoms with Crippen molar-refractivity contribution in [3.8, 4) is 44.6 Å². The number of hydrogen-bond acceptors (Lipinski definition) is 2. The van der Waals surface area contributed by atoms with Gasteiger partial charge in [0.1, 0.15) is 0 Å². The molecule has 0 unspecified atom stereocenters. The Morgan fingerprint density at radius 1 is 0.279 bits per heavy atom. The highest BCUT2D eigenvalue weighted by atomic mass is 15.1. The Labute approximate surface area is 253 Å². The summed E-state index contributed by atoms with van der Waals surface area (Å²) in [6.07, 6.45) is 1.83. The lowest BCUT2D eigenvalue weighted by Crippen LogP contribution is -2.09. The summed E-state index contributed by atoms with van der Waals surface area (Å²) >= 11 is 0. The standard InChI is InChI=1S/C41H30N2/c1-3-9-31(10-4-1)33-14-16-34(17-15-33)36-20-26-39(27-21-36)43(38-24-18-35(19-25-38)32-11-5-2-6-12-32)40-28-22-37(23-29-40)41-13-7-8-30-42-41/h1-30H. The lowest BCUT2D eigenvalue weighted by molar-refractivity contribution is 1.28. The van der Waals surface area contributed by atoms with Crippen LogP contribution in [0.25, 0.3) is 44.6 Å². The van der Waals surface area contributed by atoms with Crippen molar-refractivity contribution in [3.05, 3.63) is 182 Å². The molecular formula is C41H30N2. The third-order valence-electron chi connectivity index (χ3n) is 7.77. The lowest BCUT2D eigenvalue weighted by Gasteiger charge is -2.26. The smallest absolute Gasteiger partial charge is 0.0701 e. The molecule has 1 aromatic heterocycles. The first-order chi connectivity index (χ1) is 21.3. The normalized spacial score (nSPS) is 10.8. The summed E-state index contributed by atoms with van der Waals surface area (Å²) in [7, 11) is 0. The van der Waals surface area contributed by atoms with Gasteiger partial charge in [0.05, 0.1) is 5.69 Å². The van der Waals surface area contributed by atoms with Crippen LogP contribution in [0.15, 0.2) is 182 Å². The molecule has 0 radical (unpaired) electrons. The van der Waals surface area contributed by atoms with Gasteiger partial charge < -0.3 is 4.90 Å². The first kappa shape index (κ1) is 26.2. The van der Waals surface area contributed by atoms with Gasteiger partial charge in [0.25, 0.3) is 0 Å². The molecule has 0 aliphatic heterocycles. The van der Waals surface area contributed by atoms with Gasteiger partial charge in [0.15, 0.2) is 0 Å². The predicted molar refractivity (Wildman–Crippen MR) is 181 cm³/mol. The van der Waals surface area contributed by atoms with Crippen molar-refractivity contribution in [2.75, 3.05) is 4.90 Å². The quantitative estimate of drug-likeness (QED) is 0.196. The summed E-state index contributed by atoms with van der Waals surface area (Å²) in [4.78, 5) is 6.83. The Morgan fingerprint density at radius 2 is 0.605 bits per heavy atom. The minimum atomic E-state index is 0.968. The molecule has 0 saturated carbocycles. The van der Waals surface area contributed by atoms with Crippen molar-refractivity contribution < 1.29 is 0 Å². The minimum Gasteiger partial charge on any atom is -0.311 e. The molecule has 204 valence electrons. The number of benzene rings is 6. The summed E-state index contributed by atoms with van der Waals surface area (Å²) in [5.74, 6) is 0. The number of hydrogen-bond donors (Lipinski definition) is 0. The first-order valence-corrected chi connectivity index (χ1v) is 14.5. The summed E-state index contributed by atoms with van der Waals surface area (Å²) in [5.41, 5.74) is 12.6. The molecule has 1 heterocycles. The zero-order valence-electron chi connectivity index (χ0n) is 23.7. The van der Waals surface area contributed by atoms with Crippen LogP contribution >= 0.6 is 0 Å². The van der Waals surface area contributed by atoms with Gasteiger partial charge in [-0.25, -0.2) is 0 Å². The molecule has 0 bridgehead atoms. The second-order valence-corrected chi connectivity index (χ2v) is 10.5. The van der Waals surface area contributed by atoms with Gasteiger partial charge in [-0.2, -0.15) is 0 Å². The summed E-state index contributed by atoms with van der Waals surface area (Å²) in [6, 6.07) is 62.1. The second kappa shape index (κ2) is 12.0. The van der Waals surface area contributed by atoms with Crippen LogP contribution in [0.5, 0.6) is 0 Å². The molecule has 2 nitrogen and oxygen atoms in total. The Bertz CT molecular complexity index is 1810. The molecule has 0 atom stereocenters. The molecule has 43 heavy (non-hydrogen) atoms. The molecule has 7 rings (SSSR count). The van der Waals surface area contributed by atoms with E-state index in [4.69, 9.17) is 0 Å². The summed E-state index contributed by atoms with van der Waals surface area (Å²) in [6.45, 7) is 0. The second-order valence-electron chi connectivity index (χ2n) is 10.5. The van der Waals surface area contributed by atoms with Crippen LogP contribution in [0.3, 0.4) is 0 Å². The third kappa shape index (κ3) is 5.72. The maximum Gasteiger partial charge on any atom is 0.0701 e. The molecular weight excluding hydrogens is 520 g/mol. The molecule has 0 spiro atoms. The van der Waals surface area contributed by atoms with Gasteiger partial charge in [0.2, 0.25) is 0 Å². The molecule has 6 aromatic carbocycles. The highest BCUT2D eigenvalue weighted by Crippen LogP contribution is 2.37. The van der Waals surface area contributed by atoms with Gasteiger partial charge in [-0.15, -0.1) is 0 Å². The van der Waals surface area contributed by atoms with Crippen LogP contribution in [0.2, 0.25) is 0 Å². The van der Waals surface area contributed by atoms with Crippen molar-refractivity contribution in [2.24, 2.45) is 0 Å². The van der Waals surface area contributed by atoms with Crippen LogP contribution in [-0.2, 0) is 0 Å². The highest BCUT2D eigenvalue weighted by Gasteiger charge is 2.14. The van der Waals surface area contributed by atoms with E-state index >= 15 is 0 Å². The highest BCUT2D eigenvalue weighted by molar-refractivity contribution is 5.81. The lowest BCUT2D eigenvalue weighted by atomic mass is 10.00. The van der Waals surface area contributed by atoms with Gasteiger partial charge in [0, 0.05) is 28.8 Å². The summed E-state index contributed by atoms with van der Waals surface area (Å²) < 4.78 is 0. The third-order valence-corrected chi connectivity index (χ3v) is 7.77. The average molecular weight is 551 g/mol. The van der Waals surface area contributed by atoms with Crippen molar-refractivity contribution in [1.82, 2.24) is 4.98 Å². The number of pyridine rings is 1. The number of aromatic nitrogens is 1. The molecule has 7 aromatic rings. The van der Waals surface area contributed by atoms with Crippen LogP contribution in [0.1, 0.15) is 0 Å². The Kier molecular flexibility index (Phi) is 7.32. The number of nitrogens with zero attached hydrogens (tertiary/aromatic N) is 2. The van der Waals surface area contributed by atoms with Gasteiger partial charge >= 0.3 is 0 Å². The van der Waals surface area contributed by atoms with Crippen molar-refractivity contribution in [3.63, 3.8) is 0 Å². The van der Waals surface area contributed by atoms with Crippen LogP contribution in [-0.4, -0.2) is 4.98 Å². The van der Waals surface area contributed by atoms with E-state index in [1.807, 2.05) is 24.4 Å². The van der Waals surface area contributed by atoms with E-state index in [2.05, 4.69) is 168 Å². The van der Waals surface area contributed by atoms with Crippen molar-refractivity contribution >= 4 is 17.1 Å². The van der Waals surface area contributed by atoms with Crippen molar-refractivity contribution in [2.45, 2.75) is 0 Å². The number of anilines is 3. The van der Waals surface area contributed by atoms with E-state index in [1.54, 1.807) is 0 Å². The maximum absolute atomic E-state index is 4.53. The van der Waals surface area contributed by atoms with Gasteiger partial charge in [-0.3, -0.25) is 4.98 Å². The predicted octanol–water partition coefficient (Wildman–Crippen LogP) is 11.2. The monoisotopic (exact) mass is 550 g/mol. The zero-order chi connectivity index (χ0) is 28.8. The number of rotatable bonds is 7. The fraction of sp³-hybridized carbons (Fsp3) is 0. The van der Waals surface area contributed by atoms with E-state index in [0.717, 1.165) is 28.3 Å². The van der Waals surface area contributed by atoms with Gasteiger partial charge in [-0.05, 0) is 81.9 Å². The first-order valence-electron chi connectivity index (χ1n) is 14.5. The molecule has 0 amide bonds. The van der Waals surface area contributed by atoms with E-state index < -0.39 is 0 Å². The van der Waals surface area contributed by atoms with Crippen LogP contribution < -0.4 is 4.90 Å². The molecule has 0 fully saturated rings.